The summed E-state index contributed by atoms with van der Waals surface area (Å²) in [6, 6.07) is 0. The van der Waals surface area contributed by atoms with Crippen LogP contribution in [0.2, 0.25) is 0 Å². The summed E-state index contributed by atoms with van der Waals surface area (Å²) < 4.78 is 4.90. The molecule has 112 valence electrons. The normalized spacial score (nSPS) is 14.3. The molecular formula is C16H31O2P. The lowest BCUT2D eigenvalue weighted by Gasteiger charge is -2.22. The molecule has 0 fully saturated rings. The molecule has 0 saturated heterocycles. The summed E-state index contributed by atoms with van der Waals surface area (Å²) in [4.78, 5) is 11.8. The maximum atomic E-state index is 11.8. The Bertz CT molecular complexity index is 290. The fourth-order valence-corrected chi connectivity index (χ4v) is 4.51. The molecule has 3 heteroatoms. The first-order valence-corrected chi connectivity index (χ1v) is 9.33. The molecule has 0 saturated carbocycles. The van der Waals surface area contributed by atoms with E-state index in [9.17, 15) is 4.79 Å². The van der Waals surface area contributed by atoms with Crippen LogP contribution in [-0.2, 0) is 9.53 Å². The number of carbonyl (C=O) groups is 1. The lowest BCUT2D eigenvalue weighted by atomic mass is 10.0. The van der Waals surface area contributed by atoms with Crippen molar-refractivity contribution in [3.63, 3.8) is 0 Å². The number of ether oxygens (including phenoxy) is 1. The molecule has 0 bridgehead atoms. The first-order valence-electron chi connectivity index (χ1n) is 7.29. The highest BCUT2D eigenvalue weighted by atomic mass is 31.1. The summed E-state index contributed by atoms with van der Waals surface area (Å²) in [6.07, 6.45) is 6.78. The maximum Gasteiger partial charge on any atom is 0.333 e. The van der Waals surface area contributed by atoms with Gasteiger partial charge in [-0.15, -0.1) is 0 Å². The number of methoxy groups -OCH3 is 1. The minimum Gasteiger partial charge on any atom is -0.466 e. The van der Waals surface area contributed by atoms with Crippen LogP contribution >= 0.6 is 7.92 Å². The number of unbranched alkanes of at least 4 members (excludes halogenated alkanes) is 3. The Balaban J connectivity index is 4.51. The summed E-state index contributed by atoms with van der Waals surface area (Å²) in [5.74, 6) is 2.04. The van der Waals surface area contributed by atoms with E-state index in [2.05, 4.69) is 40.2 Å². The molecule has 0 N–H and O–H groups in total. The smallest absolute Gasteiger partial charge is 0.333 e. The van der Waals surface area contributed by atoms with Crippen LogP contribution in [0.3, 0.4) is 0 Å². The molecule has 0 aliphatic carbocycles. The van der Waals surface area contributed by atoms with E-state index in [0.717, 1.165) is 24.6 Å². The van der Waals surface area contributed by atoms with E-state index in [-0.39, 0.29) is 13.9 Å². The molecule has 0 heterocycles. The lowest BCUT2D eigenvalue weighted by molar-refractivity contribution is -0.136. The van der Waals surface area contributed by atoms with Gasteiger partial charge in [-0.05, 0) is 36.9 Å². The summed E-state index contributed by atoms with van der Waals surface area (Å²) >= 11 is 0. The van der Waals surface area contributed by atoms with E-state index in [1.165, 1.54) is 26.4 Å². The van der Waals surface area contributed by atoms with Gasteiger partial charge in [0.05, 0.1) is 7.11 Å². The second-order valence-electron chi connectivity index (χ2n) is 6.43. The highest BCUT2D eigenvalue weighted by molar-refractivity contribution is 7.60. The second kappa shape index (κ2) is 9.53. The summed E-state index contributed by atoms with van der Waals surface area (Å²) in [5, 5.41) is 0. The van der Waals surface area contributed by atoms with Gasteiger partial charge in [0.2, 0.25) is 0 Å². The first-order chi connectivity index (χ1) is 8.80. The van der Waals surface area contributed by atoms with Crippen molar-refractivity contribution in [2.75, 3.05) is 19.9 Å². The third-order valence-corrected chi connectivity index (χ3v) is 5.05. The van der Waals surface area contributed by atoms with Gasteiger partial charge >= 0.3 is 5.97 Å². The van der Waals surface area contributed by atoms with Gasteiger partial charge < -0.3 is 4.74 Å². The minimum atomic E-state index is -0.233. The van der Waals surface area contributed by atoms with Crippen LogP contribution in [0.15, 0.2) is 11.4 Å². The van der Waals surface area contributed by atoms with Gasteiger partial charge in [0.15, 0.2) is 0 Å². The summed E-state index contributed by atoms with van der Waals surface area (Å²) in [6.45, 7) is 11.2. The first kappa shape index (κ1) is 18.6. The molecule has 0 aromatic rings. The fourth-order valence-electron chi connectivity index (χ4n) is 2.15. The average Bonchev–Trinajstić information content (AvgIpc) is 2.29. The quantitative estimate of drug-likeness (QED) is 0.266. The molecular weight excluding hydrogens is 255 g/mol. The Morgan fingerprint density at radius 3 is 2.32 bits per heavy atom. The van der Waals surface area contributed by atoms with Crippen molar-refractivity contribution >= 4 is 13.9 Å². The molecule has 0 spiro atoms. The molecule has 0 amide bonds. The van der Waals surface area contributed by atoms with Gasteiger partial charge in [-0.3, -0.25) is 0 Å². The van der Waals surface area contributed by atoms with E-state index in [0.29, 0.717) is 5.41 Å². The third kappa shape index (κ3) is 10.1. The fraction of sp³-hybridized carbons (Fsp3) is 0.812. The molecule has 0 aliphatic rings. The molecule has 19 heavy (non-hydrogen) atoms. The molecule has 1 atom stereocenters. The monoisotopic (exact) mass is 286 g/mol. The van der Waals surface area contributed by atoms with Crippen LogP contribution in [0, 0.1) is 5.41 Å². The minimum absolute atomic E-state index is 0.139. The van der Waals surface area contributed by atoms with Gasteiger partial charge in [0.25, 0.3) is 0 Å². The number of esters is 1. The van der Waals surface area contributed by atoms with Crippen LogP contribution in [0.4, 0.5) is 0 Å². The van der Waals surface area contributed by atoms with E-state index < -0.39 is 0 Å². The maximum absolute atomic E-state index is 11.8. The standard InChI is InChI=1S/C16H31O2P/c1-7-8-9-10-11-14(15(17)18-5)12-19(6)13-16(2,3)4/h12H,7-11,13H2,1-6H3/b14-12+. The Kier molecular flexibility index (Phi) is 9.35. The van der Waals surface area contributed by atoms with Gasteiger partial charge in [-0.25, -0.2) is 4.79 Å². The van der Waals surface area contributed by atoms with Gasteiger partial charge in [0.1, 0.15) is 0 Å². The van der Waals surface area contributed by atoms with E-state index in [4.69, 9.17) is 4.74 Å². The molecule has 0 aromatic carbocycles. The zero-order chi connectivity index (χ0) is 14.9. The molecule has 0 rings (SSSR count). The average molecular weight is 286 g/mol. The highest BCUT2D eigenvalue weighted by Gasteiger charge is 2.16. The van der Waals surface area contributed by atoms with Crippen molar-refractivity contribution in [2.24, 2.45) is 5.41 Å². The molecule has 2 nitrogen and oxygen atoms in total. The molecule has 0 radical (unpaired) electrons. The van der Waals surface area contributed by atoms with E-state index >= 15 is 0 Å². The van der Waals surface area contributed by atoms with Crippen molar-refractivity contribution in [3.05, 3.63) is 11.4 Å². The topological polar surface area (TPSA) is 26.3 Å². The molecule has 0 aliphatic heterocycles. The zero-order valence-corrected chi connectivity index (χ0v) is 14.5. The summed E-state index contributed by atoms with van der Waals surface area (Å²) in [7, 11) is 1.24. The van der Waals surface area contributed by atoms with Crippen LogP contribution in [-0.4, -0.2) is 25.9 Å². The van der Waals surface area contributed by atoms with Crippen molar-refractivity contribution in [2.45, 2.75) is 59.8 Å². The van der Waals surface area contributed by atoms with Gasteiger partial charge in [-0.1, -0.05) is 54.9 Å². The van der Waals surface area contributed by atoms with Crippen molar-refractivity contribution in [1.29, 1.82) is 0 Å². The highest BCUT2D eigenvalue weighted by Crippen LogP contribution is 2.41. The number of rotatable bonds is 8. The van der Waals surface area contributed by atoms with Crippen molar-refractivity contribution < 1.29 is 9.53 Å². The lowest BCUT2D eigenvalue weighted by Crippen LogP contribution is -2.10. The predicted molar refractivity (Wildman–Crippen MR) is 86.0 cm³/mol. The zero-order valence-electron chi connectivity index (χ0n) is 13.6. The van der Waals surface area contributed by atoms with Crippen molar-refractivity contribution in [3.8, 4) is 0 Å². The summed E-state index contributed by atoms with van der Waals surface area (Å²) in [5.41, 5.74) is 1.21. The Labute approximate surface area is 120 Å². The van der Waals surface area contributed by atoms with Crippen LogP contribution in [0.1, 0.15) is 59.8 Å². The molecule has 1 unspecified atom stereocenters. The van der Waals surface area contributed by atoms with Gasteiger partial charge in [0, 0.05) is 5.57 Å². The SMILES string of the molecule is CCCCCC/C(=C\P(C)CC(C)(C)C)C(=O)OC. The number of hydrogen-bond acceptors (Lipinski definition) is 2. The van der Waals surface area contributed by atoms with Crippen LogP contribution < -0.4 is 0 Å². The van der Waals surface area contributed by atoms with Gasteiger partial charge in [-0.2, -0.15) is 0 Å². The Morgan fingerprint density at radius 2 is 1.84 bits per heavy atom. The Morgan fingerprint density at radius 1 is 1.21 bits per heavy atom. The second-order valence-corrected chi connectivity index (χ2v) is 8.52. The molecule has 0 aromatic heterocycles. The van der Waals surface area contributed by atoms with Crippen LogP contribution in [0.5, 0.6) is 0 Å². The van der Waals surface area contributed by atoms with E-state index in [1.807, 2.05) is 0 Å². The largest absolute Gasteiger partial charge is 0.466 e. The Hall–Kier alpha value is -0.360. The van der Waals surface area contributed by atoms with Crippen LogP contribution in [0.25, 0.3) is 0 Å². The van der Waals surface area contributed by atoms with Crippen molar-refractivity contribution in [1.82, 2.24) is 0 Å². The number of carbonyl (C=O) groups excluding carboxylic acids is 1. The van der Waals surface area contributed by atoms with E-state index in [1.54, 1.807) is 0 Å². The predicted octanol–water partition coefficient (Wildman–Crippen LogP) is 5.17. The third-order valence-electron chi connectivity index (χ3n) is 2.85. The number of hydrogen-bond donors (Lipinski definition) is 0.